The smallest absolute Gasteiger partial charge is 0.269 e. The maximum atomic E-state index is 10.8. The van der Waals surface area contributed by atoms with E-state index in [2.05, 4.69) is 10.1 Å². The zero-order valence-corrected chi connectivity index (χ0v) is 11.6. The third-order valence-electron chi connectivity index (χ3n) is 3.18. The van der Waals surface area contributed by atoms with Gasteiger partial charge >= 0.3 is 0 Å². The van der Waals surface area contributed by atoms with Crippen LogP contribution in [0, 0.1) is 17.0 Å². The molecule has 0 aliphatic rings. The Labute approximate surface area is 116 Å². The van der Waals surface area contributed by atoms with Crippen LogP contribution in [0.15, 0.2) is 28.8 Å². The van der Waals surface area contributed by atoms with Crippen molar-refractivity contribution in [1.82, 2.24) is 15.0 Å². The number of non-ortho nitro benzene ring substituents is 1. The first-order valence-corrected chi connectivity index (χ1v) is 6.21. The quantitative estimate of drug-likeness (QED) is 0.616. The maximum absolute atomic E-state index is 10.8. The molecule has 7 heteroatoms. The van der Waals surface area contributed by atoms with Crippen molar-refractivity contribution in [2.24, 2.45) is 0 Å². The monoisotopic (exact) mass is 276 g/mol. The first kappa shape index (κ1) is 14.1. The number of nitro groups is 1. The van der Waals surface area contributed by atoms with Crippen LogP contribution in [0.3, 0.4) is 0 Å². The Bertz CT molecular complexity index is 611. The van der Waals surface area contributed by atoms with Gasteiger partial charge in [-0.1, -0.05) is 17.3 Å². The van der Waals surface area contributed by atoms with Gasteiger partial charge in [0, 0.05) is 18.2 Å². The maximum Gasteiger partial charge on any atom is 0.269 e. The predicted octanol–water partition coefficient (Wildman–Crippen LogP) is 2.48. The fourth-order valence-corrected chi connectivity index (χ4v) is 1.91. The number of aromatic nitrogens is 2. The highest BCUT2D eigenvalue weighted by Crippen LogP contribution is 2.23. The van der Waals surface area contributed by atoms with Gasteiger partial charge in [0.05, 0.1) is 11.5 Å². The van der Waals surface area contributed by atoms with Crippen LogP contribution in [0.25, 0.3) is 0 Å². The highest BCUT2D eigenvalue weighted by atomic mass is 16.6. The molecule has 0 aliphatic heterocycles. The molecule has 7 nitrogen and oxygen atoms in total. The van der Waals surface area contributed by atoms with Gasteiger partial charge in [0.2, 0.25) is 5.89 Å². The summed E-state index contributed by atoms with van der Waals surface area (Å²) in [6.45, 7) is 4.23. The highest BCUT2D eigenvalue weighted by molar-refractivity contribution is 5.35. The van der Waals surface area contributed by atoms with E-state index >= 15 is 0 Å². The van der Waals surface area contributed by atoms with Gasteiger partial charge in [-0.15, -0.1) is 0 Å². The van der Waals surface area contributed by atoms with E-state index in [9.17, 15) is 10.1 Å². The van der Waals surface area contributed by atoms with Crippen LogP contribution < -0.4 is 0 Å². The van der Waals surface area contributed by atoms with Crippen LogP contribution in [0.5, 0.6) is 0 Å². The molecular weight excluding hydrogens is 260 g/mol. The molecule has 2 aromatic rings. The number of hydrogen-bond acceptors (Lipinski definition) is 6. The van der Waals surface area contributed by atoms with Gasteiger partial charge in [0.15, 0.2) is 5.82 Å². The molecule has 0 amide bonds. The van der Waals surface area contributed by atoms with E-state index in [1.165, 1.54) is 6.07 Å². The second-order valence-electron chi connectivity index (χ2n) is 4.68. The molecule has 0 saturated carbocycles. The summed E-state index contributed by atoms with van der Waals surface area (Å²) in [7, 11) is 1.91. The summed E-state index contributed by atoms with van der Waals surface area (Å²) in [5.41, 5.74) is 0.967. The molecule has 0 spiro atoms. The van der Waals surface area contributed by atoms with Crippen LogP contribution in [-0.2, 0) is 6.54 Å². The summed E-state index contributed by atoms with van der Waals surface area (Å²) >= 11 is 0. The third kappa shape index (κ3) is 3.18. The van der Waals surface area contributed by atoms with Crippen molar-refractivity contribution in [3.63, 3.8) is 0 Å². The zero-order chi connectivity index (χ0) is 14.7. The normalized spacial score (nSPS) is 12.6. The van der Waals surface area contributed by atoms with Gasteiger partial charge in [0.25, 0.3) is 5.69 Å². The minimum absolute atomic E-state index is 0.00195. The first-order chi connectivity index (χ1) is 9.47. The molecule has 1 atom stereocenters. The van der Waals surface area contributed by atoms with Gasteiger partial charge < -0.3 is 4.52 Å². The number of nitro benzene ring substituents is 1. The molecule has 0 aliphatic carbocycles. The SMILES string of the molecule is Cc1noc(CN(C)C(C)c2cccc([N+](=O)[O-])c2)n1. The van der Waals surface area contributed by atoms with Gasteiger partial charge in [-0.25, -0.2) is 0 Å². The van der Waals surface area contributed by atoms with Crippen molar-refractivity contribution >= 4 is 5.69 Å². The molecule has 0 N–H and O–H groups in total. The fraction of sp³-hybridized carbons (Fsp3) is 0.385. The number of rotatable bonds is 5. The number of hydrogen-bond donors (Lipinski definition) is 0. The molecule has 1 aromatic heterocycles. The standard InChI is InChI=1S/C13H16N4O3/c1-9(11-5-4-6-12(7-11)17(18)19)16(3)8-13-14-10(2)15-20-13/h4-7,9H,8H2,1-3H3. The van der Waals surface area contributed by atoms with Crippen molar-refractivity contribution in [3.05, 3.63) is 51.7 Å². The zero-order valence-electron chi connectivity index (χ0n) is 11.6. The Hall–Kier alpha value is -2.28. The molecule has 0 saturated heterocycles. The molecular formula is C13H16N4O3. The van der Waals surface area contributed by atoms with E-state index in [0.29, 0.717) is 18.3 Å². The van der Waals surface area contributed by atoms with E-state index in [1.54, 1.807) is 19.1 Å². The summed E-state index contributed by atoms with van der Waals surface area (Å²) in [5.74, 6) is 1.12. The molecule has 1 heterocycles. The molecule has 2 rings (SSSR count). The lowest BCUT2D eigenvalue weighted by molar-refractivity contribution is -0.384. The average molecular weight is 276 g/mol. The van der Waals surface area contributed by atoms with Gasteiger partial charge in [-0.2, -0.15) is 4.98 Å². The average Bonchev–Trinajstić information content (AvgIpc) is 2.83. The summed E-state index contributed by atoms with van der Waals surface area (Å²) in [5, 5.41) is 14.5. The van der Waals surface area contributed by atoms with E-state index in [-0.39, 0.29) is 11.7 Å². The molecule has 20 heavy (non-hydrogen) atoms. The summed E-state index contributed by atoms with van der Waals surface area (Å²) in [6.07, 6.45) is 0. The number of nitrogens with zero attached hydrogens (tertiary/aromatic N) is 4. The second kappa shape index (κ2) is 5.79. The minimum Gasteiger partial charge on any atom is -0.338 e. The Morgan fingerprint density at radius 2 is 2.25 bits per heavy atom. The summed E-state index contributed by atoms with van der Waals surface area (Å²) in [6, 6.07) is 6.63. The van der Waals surface area contributed by atoms with Crippen molar-refractivity contribution in [3.8, 4) is 0 Å². The Balaban J connectivity index is 2.11. The molecule has 0 radical (unpaired) electrons. The van der Waals surface area contributed by atoms with Crippen LogP contribution in [0.4, 0.5) is 5.69 Å². The largest absolute Gasteiger partial charge is 0.338 e. The van der Waals surface area contributed by atoms with Crippen LogP contribution in [0.1, 0.15) is 30.2 Å². The molecule has 1 aromatic carbocycles. The predicted molar refractivity (Wildman–Crippen MR) is 72.0 cm³/mol. The molecule has 106 valence electrons. The number of benzene rings is 1. The fourth-order valence-electron chi connectivity index (χ4n) is 1.91. The molecule has 1 unspecified atom stereocenters. The lowest BCUT2D eigenvalue weighted by atomic mass is 10.1. The van der Waals surface area contributed by atoms with E-state index < -0.39 is 4.92 Å². The summed E-state index contributed by atoms with van der Waals surface area (Å²) in [4.78, 5) is 16.5. The van der Waals surface area contributed by atoms with Crippen LogP contribution in [0.2, 0.25) is 0 Å². The highest BCUT2D eigenvalue weighted by Gasteiger charge is 2.17. The minimum atomic E-state index is -0.391. The van der Waals surface area contributed by atoms with E-state index in [1.807, 2.05) is 24.9 Å². The van der Waals surface area contributed by atoms with Crippen molar-refractivity contribution in [2.45, 2.75) is 26.4 Å². The van der Waals surface area contributed by atoms with Crippen molar-refractivity contribution in [2.75, 3.05) is 7.05 Å². The lowest BCUT2D eigenvalue weighted by Crippen LogP contribution is -2.22. The topological polar surface area (TPSA) is 85.3 Å². The van der Waals surface area contributed by atoms with Crippen molar-refractivity contribution in [1.29, 1.82) is 0 Å². The van der Waals surface area contributed by atoms with Gasteiger partial charge in [-0.05, 0) is 26.5 Å². The van der Waals surface area contributed by atoms with Crippen molar-refractivity contribution < 1.29 is 9.45 Å². The van der Waals surface area contributed by atoms with E-state index in [4.69, 9.17) is 4.52 Å². The number of aryl methyl sites for hydroxylation is 1. The second-order valence-corrected chi connectivity index (χ2v) is 4.68. The van der Waals surface area contributed by atoms with Crippen LogP contribution >= 0.6 is 0 Å². The van der Waals surface area contributed by atoms with Gasteiger partial charge in [0.1, 0.15) is 0 Å². The molecule has 0 bridgehead atoms. The first-order valence-electron chi connectivity index (χ1n) is 6.21. The Kier molecular flexibility index (Phi) is 4.09. The molecule has 0 fully saturated rings. The Morgan fingerprint density at radius 1 is 1.50 bits per heavy atom. The Morgan fingerprint density at radius 3 is 2.85 bits per heavy atom. The van der Waals surface area contributed by atoms with Gasteiger partial charge in [-0.3, -0.25) is 15.0 Å². The van der Waals surface area contributed by atoms with E-state index in [0.717, 1.165) is 5.56 Å². The summed E-state index contributed by atoms with van der Waals surface area (Å²) < 4.78 is 5.07. The third-order valence-corrected chi connectivity index (χ3v) is 3.18. The van der Waals surface area contributed by atoms with Crippen LogP contribution in [-0.4, -0.2) is 27.0 Å². The lowest BCUT2D eigenvalue weighted by Gasteiger charge is -2.23.